The number of hydrogen-bond donors (Lipinski definition) is 1. The van der Waals surface area contributed by atoms with E-state index < -0.39 is 11.6 Å². The van der Waals surface area contributed by atoms with E-state index in [1.54, 1.807) is 0 Å². The molecule has 0 spiro atoms. The summed E-state index contributed by atoms with van der Waals surface area (Å²) in [6, 6.07) is 3.21. The number of benzene rings is 1. The summed E-state index contributed by atoms with van der Waals surface area (Å²) in [5, 5.41) is 7.07. The molecule has 0 bridgehead atoms. The van der Waals surface area contributed by atoms with E-state index in [0.29, 0.717) is 5.82 Å². The molecule has 1 fully saturated rings. The molecule has 1 aliphatic rings. The van der Waals surface area contributed by atoms with E-state index in [1.807, 2.05) is 0 Å². The Hall–Kier alpha value is -1.82. The summed E-state index contributed by atoms with van der Waals surface area (Å²) in [7, 11) is 0. The van der Waals surface area contributed by atoms with Crippen LogP contribution in [0.15, 0.2) is 22.7 Å². The molecule has 0 saturated carbocycles. The van der Waals surface area contributed by atoms with Crippen LogP contribution in [0.4, 0.5) is 8.78 Å². The molecule has 1 N–H and O–H groups in total. The highest BCUT2D eigenvalue weighted by molar-refractivity contribution is 5.52. The molecule has 18 heavy (non-hydrogen) atoms. The first-order chi connectivity index (χ1) is 8.72. The van der Waals surface area contributed by atoms with Crippen LogP contribution in [0.25, 0.3) is 11.5 Å². The molecular weight excluding hydrogens is 240 g/mol. The van der Waals surface area contributed by atoms with Crippen LogP contribution in [0, 0.1) is 11.6 Å². The van der Waals surface area contributed by atoms with Gasteiger partial charge in [0.15, 0.2) is 5.82 Å². The minimum atomic E-state index is -0.663. The topological polar surface area (TPSA) is 51.0 Å². The van der Waals surface area contributed by atoms with Gasteiger partial charge in [-0.15, -0.1) is 0 Å². The molecule has 0 radical (unpaired) electrons. The average molecular weight is 251 g/mol. The van der Waals surface area contributed by atoms with E-state index in [0.717, 1.165) is 25.5 Å². The van der Waals surface area contributed by atoms with Gasteiger partial charge in [-0.3, -0.25) is 0 Å². The van der Waals surface area contributed by atoms with Crippen molar-refractivity contribution in [1.82, 2.24) is 15.5 Å². The predicted octanol–water partition coefficient (Wildman–Crippen LogP) is 2.44. The first kappa shape index (κ1) is 11.3. The van der Waals surface area contributed by atoms with Crippen molar-refractivity contribution in [2.75, 3.05) is 6.54 Å². The zero-order valence-corrected chi connectivity index (χ0v) is 9.49. The van der Waals surface area contributed by atoms with Gasteiger partial charge in [0, 0.05) is 11.6 Å². The molecule has 3 rings (SSSR count). The standard InChI is InChI=1S/C12H11F2N3O/c13-8-4-7(5-9(14)6-8)12-16-11(17-18-12)10-2-1-3-15-10/h4-6,10,15H,1-3H2. The third kappa shape index (κ3) is 2.11. The fourth-order valence-electron chi connectivity index (χ4n) is 2.08. The zero-order valence-electron chi connectivity index (χ0n) is 9.49. The van der Waals surface area contributed by atoms with Crippen molar-refractivity contribution in [3.63, 3.8) is 0 Å². The number of nitrogens with one attached hydrogen (secondary N) is 1. The fraction of sp³-hybridized carbons (Fsp3) is 0.333. The van der Waals surface area contributed by atoms with Crippen molar-refractivity contribution in [3.8, 4) is 11.5 Å². The number of halogens is 2. The predicted molar refractivity (Wildman–Crippen MR) is 59.6 cm³/mol. The minimum Gasteiger partial charge on any atom is -0.334 e. The highest BCUT2D eigenvalue weighted by Gasteiger charge is 2.22. The second kappa shape index (κ2) is 4.45. The Morgan fingerprint density at radius 3 is 2.67 bits per heavy atom. The third-order valence-corrected chi connectivity index (χ3v) is 2.92. The second-order valence-electron chi connectivity index (χ2n) is 4.26. The number of rotatable bonds is 2. The smallest absolute Gasteiger partial charge is 0.258 e. The maximum absolute atomic E-state index is 13.1. The molecule has 0 aliphatic carbocycles. The quantitative estimate of drug-likeness (QED) is 0.890. The summed E-state index contributed by atoms with van der Waals surface area (Å²) in [4.78, 5) is 4.17. The third-order valence-electron chi connectivity index (χ3n) is 2.92. The SMILES string of the molecule is Fc1cc(F)cc(-c2nc(C3CCCN3)no2)c1. The molecular formula is C12H11F2N3O. The normalized spacial score (nSPS) is 19.3. The molecule has 4 nitrogen and oxygen atoms in total. The Bertz CT molecular complexity index is 544. The van der Waals surface area contributed by atoms with Gasteiger partial charge >= 0.3 is 0 Å². The van der Waals surface area contributed by atoms with Crippen molar-refractivity contribution in [2.45, 2.75) is 18.9 Å². The molecule has 1 atom stereocenters. The van der Waals surface area contributed by atoms with Crippen molar-refractivity contribution < 1.29 is 13.3 Å². The lowest BCUT2D eigenvalue weighted by molar-refractivity contribution is 0.411. The highest BCUT2D eigenvalue weighted by atomic mass is 19.1. The lowest BCUT2D eigenvalue weighted by atomic mass is 10.2. The highest BCUT2D eigenvalue weighted by Crippen LogP contribution is 2.24. The molecule has 1 unspecified atom stereocenters. The number of nitrogens with zero attached hydrogens (tertiary/aromatic N) is 2. The van der Waals surface area contributed by atoms with E-state index >= 15 is 0 Å². The van der Waals surface area contributed by atoms with Crippen molar-refractivity contribution in [2.24, 2.45) is 0 Å². The van der Waals surface area contributed by atoms with Crippen molar-refractivity contribution in [3.05, 3.63) is 35.7 Å². The van der Waals surface area contributed by atoms with Gasteiger partial charge in [-0.05, 0) is 31.5 Å². The maximum atomic E-state index is 13.1. The number of hydrogen-bond acceptors (Lipinski definition) is 4. The van der Waals surface area contributed by atoms with Gasteiger partial charge in [-0.25, -0.2) is 8.78 Å². The molecule has 0 amide bonds. The lowest BCUT2D eigenvalue weighted by Gasteiger charge is -2.01. The van der Waals surface area contributed by atoms with Crippen LogP contribution >= 0.6 is 0 Å². The van der Waals surface area contributed by atoms with E-state index in [2.05, 4.69) is 15.5 Å². The molecule has 6 heteroatoms. The van der Waals surface area contributed by atoms with Crippen LogP contribution in [-0.4, -0.2) is 16.7 Å². The van der Waals surface area contributed by atoms with E-state index in [4.69, 9.17) is 4.52 Å². The van der Waals surface area contributed by atoms with E-state index in [-0.39, 0.29) is 17.5 Å². The first-order valence-electron chi connectivity index (χ1n) is 5.76. The molecule has 2 heterocycles. The average Bonchev–Trinajstić information content (AvgIpc) is 2.99. The van der Waals surface area contributed by atoms with Crippen LogP contribution < -0.4 is 5.32 Å². The van der Waals surface area contributed by atoms with Gasteiger partial charge in [-0.2, -0.15) is 4.98 Å². The van der Waals surface area contributed by atoms with Gasteiger partial charge in [0.25, 0.3) is 5.89 Å². The Balaban J connectivity index is 1.92. The summed E-state index contributed by atoms with van der Waals surface area (Å²) in [6.45, 7) is 0.920. The minimum absolute atomic E-state index is 0.0703. The zero-order chi connectivity index (χ0) is 12.5. The Morgan fingerprint density at radius 1 is 1.22 bits per heavy atom. The van der Waals surface area contributed by atoms with Crippen LogP contribution in [-0.2, 0) is 0 Å². The largest absolute Gasteiger partial charge is 0.334 e. The Morgan fingerprint density at radius 2 is 2.00 bits per heavy atom. The van der Waals surface area contributed by atoms with Gasteiger partial charge in [0.2, 0.25) is 0 Å². The summed E-state index contributed by atoms with van der Waals surface area (Å²) in [5.74, 6) is -0.656. The summed E-state index contributed by atoms with van der Waals surface area (Å²) >= 11 is 0. The van der Waals surface area contributed by atoms with Gasteiger partial charge in [0.05, 0.1) is 6.04 Å². The molecule has 1 saturated heterocycles. The maximum Gasteiger partial charge on any atom is 0.258 e. The fourth-order valence-corrected chi connectivity index (χ4v) is 2.08. The summed E-state index contributed by atoms with van der Waals surface area (Å²) in [5.41, 5.74) is 0.254. The van der Waals surface area contributed by atoms with Crippen LogP contribution in [0.2, 0.25) is 0 Å². The van der Waals surface area contributed by atoms with Gasteiger partial charge < -0.3 is 9.84 Å². The van der Waals surface area contributed by atoms with Crippen molar-refractivity contribution in [1.29, 1.82) is 0 Å². The van der Waals surface area contributed by atoms with Crippen LogP contribution in [0.3, 0.4) is 0 Å². The van der Waals surface area contributed by atoms with Gasteiger partial charge in [0.1, 0.15) is 11.6 Å². The molecule has 1 aliphatic heterocycles. The monoisotopic (exact) mass is 251 g/mol. The van der Waals surface area contributed by atoms with Crippen LogP contribution in [0.5, 0.6) is 0 Å². The Labute approximate surface area is 102 Å². The molecule has 94 valence electrons. The van der Waals surface area contributed by atoms with Crippen molar-refractivity contribution >= 4 is 0 Å². The van der Waals surface area contributed by atoms with Gasteiger partial charge in [-0.1, -0.05) is 5.16 Å². The summed E-state index contributed by atoms with van der Waals surface area (Å²) in [6.07, 6.45) is 2.00. The van der Waals surface area contributed by atoms with Crippen LogP contribution in [0.1, 0.15) is 24.7 Å². The first-order valence-corrected chi connectivity index (χ1v) is 5.76. The lowest BCUT2D eigenvalue weighted by Crippen LogP contribution is -2.14. The Kier molecular flexibility index (Phi) is 2.79. The van der Waals surface area contributed by atoms with E-state index in [9.17, 15) is 8.78 Å². The number of aromatic nitrogens is 2. The molecule has 1 aromatic heterocycles. The molecule has 1 aromatic carbocycles. The second-order valence-corrected chi connectivity index (χ2v) is 4.26. The summed E-state index contributed by atoms with van der Waals surface area (Å²) < 4.78 is 31.2. The molecule has 2 aromatic rings. The van der Waals surface area contributed by atoms with E-state index in [1.165, 1.54) is 12.1 Å².